The van der Waals surface area contributed by atoms with Crippen molar-refractivity contribution in [3.63, 3.8) is 0 Å². The average molecular weight is 459 g/mol. The van der Waals surface area contributed by atoms with Crippen LogP contribution in [0.25, 0.3) is 0 Å². The van der Waals surface area contributed by atoms with Gasteiger partial charge in [-0.1, -0.05) is 18.2 Å². The van der Waals surface area contributed by atoms with Crippen LogP contribution in [0.4, 0.5) is 0 Å². The molecule has 33 heavy (non-hydrogen) atoms. The molecule has 1 heterocycles. The van der Waals surface area contributed by atoms with Crippen molar-refractivity contribution in [2.45, 2.75) is 13.5 Å². The Morgan fingerprint density at radius 3 is 2.24 bits per heavy atom. The van der Waals surface area contributed by atoms with E-state index in [2.05, 4.69) is 4.90 Å². The van der Waals surface area contributed by atoms with Crippen molar-refractivity contribution in [2.75, 3.05) is 67.3 Å². The normalized spacial score (nSPS) is 14.1. The fourth-order valence-corrected chi connectivity index (χ4v) is 3.93. The molecule has 1 saturated heterocycles. The minimum atomic E-state index is -0.00893. The summed E-state index contributed by atoms with van der Waals surface area (Å²) in [6, 6.07) is 11.3. The van der Waals surface area contributed by atoms with E-state index in [-0.39, 0.29) is 5.91 Å². The molecule has 1 amide bonds. The van der Waals surface area contributed by atoms with E-state index in [4.69, 9.17) is 23.7 Å². The van der Waals surface area contributed by atoms with Gasteiger partial charge in [0.2, 0.25) is 5.75 Å². The third-order valence-corrected chi connectivity index (χ3v) is 5.65. The summed E-state index contributed by atoms with van der Waals surface area (Å²) in [7, 11) is 4.84. The first-order chi connectivity index (χ1) is 16.1. The minimum Gasteiger partial charge on any atom is -0.493 e. The Morgan fingerprint density at radius 2 is 1.58 bits per heavy atom. The maximum absolute atomic E-state index is 13.2. The number of para-hydroxylation sites is 1. The van der Waals surface area contributed by atoms with E-state index in [1.165, 1.54) is 0 Å². The summed E-state index contributed by atoms with van der Waals surface area (Å²) in [5.41, 5.74) is 1.60. The predicted octanol–water partition coefficient (Wildman–Crippen LogP) is 3.09. The number of hydrogen-bond acceptors (Lipinski definition) is 7. The first-order valence-corrected chi connectivity index (χ1v) is 11.2. The number of nitrogens with zero attached hydrogens (tertiary/aromatic N) is 2. The van der Waals surface area contributed by atoms with Crippen molar-refractivity contribution in [1.29, 1.82) is 0 Å². The van der Waals surface area contributed by atoms with E-state index in [1.807, 2.05) is 48.2 Å². The van der Waals surface area contributed by atoms with Crippen LogP contribution in [0.5, 0.6) is 23.0 Å². The van der Waals surface area contributed by atoms with Gasteiger partial charge in [-0.25, -0.2) is 0 Å². The largest absolute Gasteiger partial charge is 0.493 e. The van der Waals surface area contributed by atoms with Gasteiger partial charge in [-0.15, -0.1) is 0 Å². The lowest BCUT2D eigenvalue weighted by Crippen LogP contribution is -2.48. The third kappa shape index (κ3) is 6.09. The van der Waals surface area contributed by atoms with Crippen LogP contribution in [-0.2, 0) is 11.3 Å². The number of ether oxygens (including phenoxy) is 5. The highest BCUT2D eigenvalue weighted by atomic mass is 16.5. The number of piperazine rings is 1. The number of rotatable bonds is 11. The van der Waals surface area contributed by atoms with Gasteiger partial charge < -0.3 is 28.6 Å². The lowest BCUT2D eigenvalue weighted by Gasteiger charge is -2.35. The summed E-state index contributed by atoms with van der Waals surface area (Å²) in [4.78, 5) is 17.4. The number of carbonyl (C=O) groups excluding carboxylic acids is 1. The first-order valence-electron chi connectivity index (χ1n) is 11.2. The van der Waals surface area contributed by atoms with E-state index in [1.54, 1.807) is 21.3 Å². The Balaban J connectivity index is 1.61. The molecule has 3 rings (SSSR count). The predicted molar refractivity (Wildman–Crippen MR) is 126 cm³/mol. The molecule has 0 aromatic heterocycles. The zero-order chi connectivity index (χ0) is 23.6. The van der Waals surface area contributed by atoms with Crippen molar-refractivity contribution >= 4 is 5.91 Å². The minimum absolute atomic E-state index is 0.00893. The van der Waals surface area contributed by atoms with Crippen LogP contribution < -0.4 is 18.9 Å². The number of hydrogen-bond donors (Lipinski definition) is 0. The molecule has 1 aliphatic heterocycles. The van der Waals surface area contributed by atoms with Gasteiger partial charge in [-0.3, -0.25) is 9.69 Å². The second-order valence-corrected chi connectivity index (χ2v) is 7.60. The van der Waals surface area contributed by atoms with E-state index in [0.29, 0.717) is 68.0 Å². The number of amides is 1. The molecule has 8 nitrogen and oxygen atoms in total. The Bertz CT molecular complexity index is 912. The van der Waals surface area contributed by atoms with Crippen molar-refractivity contribution in [3.05, 3.63) is 47.5 Å². The van der Waals surface area contributed by atoms with Gasteiger partial charge >= 0.3 is 0 Å². The molecule has 0 N–H and O–H groups in total. The zero-order valence-electron chi connectivity index (χ0n) is 20.0. The summed E-state index contributed by atoms with van der Waals surface area (Å²) in [5.74, 6) is 2.49. The summed E-state index contributed by atoms with van der Waals surface area (Å²) >= 11 is 0. The highest BCUT2D eigenvalue weighted by Gasteiger charge is 2.25. The smallest absolute Gasteiger partial charge is 0.257 e. The zero-order valence-corrected chi connectivity index (χ0v) is 20.0. The van der Waals surface area contributed by atoms with Crippen LogP contribution in [0.2, 0.25) is 0 Å². The van der Waals surface area contributed by atoms with Crippen molar-refractivity contribution in [1.82, 2.24) is 9.80 Å². The molecule has 2 aromatic rings. The number of carbonyl (C=O) groups is 1. The second kappa shape index (κ2) is 12.3. The molecule has 8 heteroatoms. The first kappa shape index (κ1) is 24.7. The lowest BCUT2D eigenvalue weighted by molar-refractivity contribution is 0.0619. The molecule has 0 aliphatic carbocycles. The summed E-state index contributed by atoms with van der Waals surface area (Å²) in [6.07, 6.45) is 0. The highest BCUT2D eigenvalue weighted by molar-refractivity contribution is 5.97. The van der Waals surface area contributed by atoms with Gasteiger partial charge in [0.05, 0.1) is 33.5 Å². The molecule has 0 spiro atoms. The summed E-state index contributed by atoms with van der Waals surface area (Å²) in [6.45, 7) is 7.00. The Morgan fingerprint density at radius 1 is 0.848 bits per heavy atom. The van der Waals surface area contributed by atoms with Gasteiger partial charge in [0.25, 0.3) is 5.91 Å². The molecular formula is C25H34N2O6. The van der Waals surface area contributed by atoms with E-state index >= 15 is 0 Å². The van der Waals surface area contributed by atoms with E-state index in [9.17, 15) is 4.79 Å². The van der Waals surface area contributed by atoms with Gasteiger partial charge in [0.15, 0.2) is 11.5 Å². The standard InChI is InChI=1S/C25H34N2O6/c1-5-32-16-17-33-21-9-7-6-8-20(21)25(28)27-14-12-26(13-15-27)18-19-10-11-22(29-2)24(31-4)23(19)30-3/h6-11H,5,12-18H2,1-4H3. The van der Waals surface area contributed by atoms with Crippen molar-refractivity contribution < 1.29 is 28.5 Å². The van der Waals surface area contributed by atoms with Gasteiger partial charge in [-0.2, -0.15) is 0 Å². The van der Waals surface area contributed by atoms with Crippen LogP contribution in [0, 0.1) is 0 Å². The third-order valence-electron chi connectivity index (χ3n) is 5.65. The molecule has 0 radical (unpaired) electrons. The van der Waals surface area contributed by atoms with E-state index < -0.39 is 0 Å². The Kier molecular flexibility index (Phi) is 9.21. The maximum Gasteiger partial charge on any atom is 0.257 e. The van der Waals surface area contributed by atoms with Crippen LogP contribution >= 0.6 is 0 Å². The van der Waals surface area contributed by atoms with E-state index in [0.717, 1.165) is 18.7 Å². The lowest BCUT2D eigenvalue weighted by atomic mass is 10.1. The maximum atomic E-state index is 13.2. The fraction of sp³-hybridized carbons (Fsp3) is 0.480. The van der Waals surface area contributed by atoms with Crippen LogP contribution in [-0.4, -0.2) is 83.0 Å². The van der Waals surface area contributed by atoms with Gasteiger partial charge in [-0.05, 0) is 25.1 Å². The molecule has 1 fully saturated rings. The molecule has 2 aromatic carbocycles. The monoisotopic (exact) mass is 458 g/mol. The number of methoxy groups -OCH3 is 3. The topological polar surface area (TPSA) is 69.7 Å². The van der Waals surface area contributed by atoms with Gasteiger partial charge in [0, 0.05) is 44.9 Å². The van der Waals surface area contributed by atoms with Gasteiger partial charge in [0.1, 0.15) is 12.4 Å². The van der Waals surface area contributed by atoms with Crippen molar-refractivity contribution in [2.24, 2.45) is 0 Å². The van der Waals surface area contributed by atoms with Crippen LogP contribution in [0.1, 0.15) is 22.8 Å². The van der Waals surface area contributed by atoms with Crippen LogP contribution in [0.3, 0.4) is 0 Å². The molecule has 0 bridgehead atoms. The average Bonchev–Trinajstić information content (AvgIpc) is 2.86. The molecule has 0 unspecified atom stereocenters. The SMILES string of the molecule is CCOCCOc1ccccc1C(=O)N1CCN(Cc2ccc(OC)c(OC)c2OC)CC1. The Hall–Kier alpha value is -2.97. The molecular weight excluding hydrogens is 424 g/mol. The Labute approximate surface area is 195 Å². The molecule has 1 aliphatic rings. The molecule has 0 saturated carbocycles. The quantitative estimate of drug-likeness (QED) is 0.479. The molecule has 180 valence electrons. The second-order valence-electron chi connectivity index (χ2n) is 7.60. The van der Waals surface area contributed by atoms with Crippen molar-refractivity contribution in [3.8, 4) is 23.0 Å². The summed E-state index contributed by atoms with van der Waals surface area (Å²) in [5, 5.41) is 0. The summed E-state index contributed by atoms with van der Waals surface area (Å²) < 4.78 is 27.6. The fourth-order valence-electron chi connectivity index (χ4n) is 3.93. The van der Waals surface area contributed by atoms with Crippen LogP contribution in [0.15, 0.2) is 36.4 Å². The molecule has 0 atom stereocenters. The highest BCUT2D eigenvalue weighted by Crippen LogP contribution is 2.40. The number of benzene rings is 2.